The Morgan fingerprint density at radius 1 is 1.06 bits per heavy atom. The van der Waals surface area contributed by atoms with Crippen LogP contribution in [0.25, 0.3) is 11.1 Å². The van der Waals surface area contributed by atoms with Crippen molar-refractivity contribution in [3.05, 3.63) is 90.1 Å². The Kier molecular flexibility index (Phi) is 10.3. The average molecular weight is 682 g/mol. The number of hydrogen-bond acceptors (Lipinski definition) is 10. The summed E-state index contributed by atoms with van der Waals surface area (Å²) in [6, 6.07) is 17.7. The molecule has 3 aromatic carbocycles. The molecule has 15 heteroatoms. The minimum Gasteiger partial charge on any atom is -0.450 e. The number of anilines is 4. The van der Waals surface area contributed by atoms with Gasteiger partial charge in [0.05, 0.1) is 24.2 Å². The molecule has 4 N–H and O–H groups in total. The van der Waals surface area contributed by atoms with E-state index < -0.39 is 33.8 Å². The zero-order chi connectivity index (χ0) is 34.5. The van der Waals surface area contributed by atoms with E-state index in [-0.39, 0.29) is 31.1 Å². The smallest absolute Gasteiger partial charge is 0.416 e. The first-order valence-electron chi connectivity index (χ1n) is 14.9. The van der Waals surface area contributed by atoms with Gasteiger partial charge in [0, 0.05) is 29.2 Å². The summed E-state index contributed by atoms with van der Waals surface area (Å²) >= 11 is 0. The highest BCUT2D eigenvalue weighted by Crippen LogP contribution is 2.50. The first-order valence-corrected chi connectivity index (χ1v) is 16.0. The number of benzene rings is 3. The largest absolute Gasteiger partial charge is 0.450 e. The van der Waals surface area contributed by atoms with E-state index >= 15 is 0 Å². The third-order valence-electron chi connectivity index (χ3n) is 7.56. The molecular formula is C33H32F3N6O5S-. The quantitative estimate of drug-likeness (QED) is 0.122. The number of aromatic nitrogens is 2. The molecule has 1 heterocycles. The minimum absolute atomic E-state index is 0.119. The van der Waals surface area contributed by atoms with Crippen LogP contribution < -0.4 is 16.0 Å². The van der Waals surface area contributed by atoms with Gasteiger partial charge in [-0.25, -0.2) is 9.78 Å². The van der Waals surface area contributed by atoms with Gasteiger partial charge >= 0.3 is 12.3 Å². The molecule has 0 bridgehead atoms. The van der Waals surface area contributed by atoms with Gasteiger partial charge < -0.3 is 30.0 Å². The van der Waals surface area contributed by atoms with E-state index in [1.54, 1.807) is 62.5 Å². The van der Waals surface area contributed by atoms with E-state index in [2.05, 4.69) is 30.3 Å². The van der Waals surface area contributed by atoms with Gasteiger partial charge in [-0.1, -0.05) is 47.4 Å². The maximum Gasteiger partial charge on any atom is 0.416 e. The van der Waals surface area contributed by atoms with Crippen LogP contribution in [-0.4, -0.2) is 46.3 Å². The lowest BCUT2D eigenvalue weighted by Crippen LogP contribution is -2.28. The van der Waals surface area contributed by atoms with Crippen LogP contribution in [0.15, 0.2) is 88.3 Å². The molecule has 0 aliphatic heterocycles. The van der Waals surface area contributed by atoms with Crippen LogP contribution in [0.2, 0.25) is 0 Å². The summed E-state index contributed by atoms with van der Waals surface area (Å²) in [6.07, 6.45) is -2.93. The van der Waals surface area contributed by atoms with E-state index in [9.17, 15) is 32.1 Å². The molecule has 1 saturated carbocycles. The van der Waals surface area contributed by atoms with Crippen molar-refractivity contribution in [2.24, 2.45) is 4.36 Å². The van der Waals surface area contributed by atoms with Crippen molar-refractivity contribution in [2.75, 3.05) is 29.2 Å². The third kappa shape index (κ3) is 8.09. The topological polar surface area (TPSA) is 155 Å². The summed E-state index contributed by atoms with van der Waals surface area (Å²) in [5.74, 6) is 0.267. The molecule has 48 heavy (non-hydrogen) atoms. The minimum atomic E-state index is -4.50. The van der Waals surface area contributed by atoms with E-state index in [0.717, 1.165) is 12.1 Å². The van der Waals surface area contributed by atoms with Gasteiger partial charge in [0.25, 0.3) is 0 Å². The van der Waals surface area contributed by atoms with Crippen LogP contribution in [0, 0.1) is 0 Å². The highest BCUT2D eigenvalue weighted by Gasteiger charge is 2.51. The van der Waals surface area contributed by atoms with Crippen LogP contribution in [0.3, 0.4) is 0 Å². The highest BCUT2D eigenvalue weighted by atomic mass is 32.2. The zero-order valence-corrected chi connectivity index (χ0v) is 26.7. The van der Waals surface area contributed by atoms with Gasteiger partial charge in [0.15, 0.2) is 0 Å². The van der Waals surface area contributed by atoms with Gasteiger partial charge in [-0.15, -0.1) is 10.6 Å². The molecule has 5 rings (SSSR count). The molecule has 1 unspecified atom stereocenters. The molecule has 4 aromatic rings. The van der Waals surface area contributed by atoms with Gasteiger partial charge in [0.1, 0.15) is 5.82 Å². The second kappa shape index (κ2) is 14.4. The van der Waals surface area contributed by atoms with Crippen molar-refractivity contribution in [3.8, 4) is 11.1 Å². The molecule has 1 aliphatic carbocycles. The zero-order valence-electron chi connectivity index (χ0n) is 25.9. The fourth-order valence-electron chi connectivity index (χ4n) is 4.85. The maximum absolute atomic E-state index is 13.3. The number of hydrogen-bond donors (Lipinski definition) is 4. The Labute approximate surface area is 276 Å². The van der Waals surface area contributed by atoms with Crippen molar-refractivity contribution in [2.45, 2.75) is 49.2 Å². The van der Waals surface area contributed by atoms with Crippen LogP contribution in [0.1, 0.15) is 37.8 Å². The monoisotopic (exact) mass is 681 g/mol. The Balaban J connectivity index is 1.31. The molecule has 252 valence electrons. The summed E-state index contributed by atoms with van der Waals surface area (Å²) in [7, 11) is -1.93. The lowest BCUT2D eigenvalue weighted by atomic mass is 9.93. The molecule has 1 atom stereocenters. The Bertz CT molecular complexity index is 1880. The first-order chi connectivity index (χ1) is 22.9. The van der Waals surface area contributed by atoms with Crippen molar-refractivity contribution in [1.82, 2.24) is 9.97 Å². The van der Waals surface area contributed by atoms with E-state index in [4.69, 9.17) is 4.74 Å². The number of rotatable bonds is 11. The standard InChI is InChI=1S/C33H32F3N6O5S/c1-3-47-31(45)42-48(46)26-13-11-25(12-14-26)40-30-37-18-27(28(41-30)38-20(2)19-43)21-7-9-24(10-8-21)39-29(44)32(15-16-32)22-5-4-6-23(17-22)33(34,35)36/h4-14,17-18,20,43H,3,15-16,19H2,1-2H3,(H,39,44)(H2,37,38,40,41)/q-1. The Morgan fingerprint density at radius 3 is 2.38 bits per heavy atom. The SMILES string of the molecule is CCOC(=O)N=[S-](=O)c1ccc(Nc2ncc(-c3ccc(NC(=O)C4(c5cccc(C(F)(F)F)c5)CC4)cc3)c(NC(C)CO)n2)cc1. The van der Waals surface area contributed by atoms with Crippen molar-refractivity contribution >= 4 is 45.7 Å². The van der Waals surface area contributed by atoms with E-state index in [0.29, 0.717) is 51.6 Å². The number of aliphatic hydroxyl groups is 1. The van der Waals surface area contributed by atoms with Crippen LogP contribution >= 0.6 is 0 Å². The van der Waals surface area contributed by atoms with Gasteiger partial charge in [-0.05, 0) is 68.1 Å². The number of ether oxygens (including phenoxy) is 1. The maximum atomic E-state index is 13.3. The fourth-order valence-corrected chi connectivity index (χ4v) is 5.51. The van der Waals surface area contributed by atoms with Crippen LogP contribution in [0.4, 0.5) is 41.1 Å². The summed E-state index contributed by atoms with van der Waals surface area (Å²) in [6.45, 7) is 3.35. The molecule has 1 aliphatic rings. The first kappa shape index (κ1) is 34.3. The van der Waals surface area contributed by atoms with Gasteiger partial charge in [-0.2, -0.15) is 18.2 Å². The normalized spacial score (nSPS) is 14.9. The second-order valence-electron chi connectivity index (χ2n) is 11.1. The number of amides is 2. The molecule has 1 aromatic heterocycles. The van der Waals surface area contributed by atoms with Gasteiger partial charge in [-0.3, -0.25) is 9.16 Å². The summed E-state index contributed by atoms with van der Waals surface area (Å²) in [5.41, 5.74) is 0.876. The molecular weight excluding hydrogens is 649 g/mol. The number of halogens is 3. The van der Waals surface area contributed by atoms with Crippen molar-refractivity contribution in [3.63, 3.8) is 0 Å². The summed E-state index contributed by atoms with van der Waals surface area (Å²) < 4.78 is 60.3. The van der Waals surface area contributed by atoms with E-state index in [1.807, 2.05) is 0 Å². The van der Waals surface area contributed by atoms with Crippen LogP contribution in [-0.2, 0) is 35.9 Å². The summed E-state index contributed by atoms with van der Waals surface area (Å²) in [5, 5.41) is 18.7. The van der Waals surface area contributed by atoms with E-state index in [1.165, 1.54) is 18.2 Å². The van der Waals surface area contributed by atoms with Crippen molar-refractivity contribution < 1.29 is 36.8 Å². The van der Waals surface area contributed by atoms with Crippen molar-refractivity contribution in [1.29, 1.82) is 0 Å². The number of nitrogens with one attached hydrogen (secondary N) is 3. The number of alkyl halides is 3. The predicted octanol–water partition coefficient (Wildman–Crippen LogP) is 7.03. The molecule has 0 spiro atoms. The Hall–Kier alpha value is -5.02. The fraction of sp³-hybridized carbons (Fsp3) is 0.273. The third-order valence-corrected chi connectivity index (χ3v) is 8.55. The molecule has 11 nitrogen and oxygen atoms in total. The second-order valence-corrected chi connectivity index (χ2v) is 12.2. The molecule has 0 saturated heterocycles. The number of carbonyl (C=O) groups excluding carboxylic acids is 2. The molecule has 0 radical (unpaired) electrons. The Morgan fingerprint density at radius 2 is 1.75 bits per heavy atom. The lowest BCUT2D eigenvalue weighted by molar-refractivity contribution is -0.137. The number of carbonyl (C=O) groups is 2. The number of nitrogens with zero attached hydrogens (tertiary/aromatic N) is 3. The van der Waals surface area contributed by atoms with Gasteiger partial charge in [0.2, 0.25) is 11.9 Å². The summed E-state index contributed by atoms with van der Waals surface area (Å²) in [4.78, 5) is 34.0. The molecule has 2 amide bonds. The average Bonchev–Trinajstić information content (AvgIpc) is 3.88. The number of aliphatic hydroxyl groups excluding tert-OH is 1. The van der Waals surface area contributed by atoms with Crippen LogP contribution in [0.5, 0.6) is 0 Å². The molecule has 1 fully saturated rings. The lowest BCUT2D eigenvalue weighted by Gasteiger charge is -2.18. The predicted molar refractivity (Wildman–Crippen MR) is 174 cm³/mol. The highest BCUT2D eigenvalue weighted by molar-refractivity contribution is 7.75.